The number of sulfonamides is 1. The van der Waals surface area contributed by atoms with E-state index in [1.165, 1.54) is 17.8 Å². The summed E-state index contributed by atoms with van der Waals surface area (Å²) < 4.78 is 26.9. The molecular formula is C12H17ClN2O2S2. The van der Waals surface area contributed by atoms with E-state index in [2.05, 4.69) is 10.0 Å². The lowest BCUT2D eigenvalue weighted by atomic mass is 10.2. The zero-order chi connectivity index (χ0) is 13.9. The standard InChI is InChI=1S/C12H17ClN2O2S2/c1-18-12-5-4-10(7-11(12)13)19(16,17)15-8-9-3-2-6-14-9/h4-5,7,9,14-15H,2-3,6,8H2,1H3. The summed E-state index contributed by atoms with van der Waals surface area (Å²) in [5.41, 5.74) is 0. The van der Waals surface area contributed by atoms with E-state index < -0.39 is 10.0 Å². The van der Waals surface area contributed by atoms with Crippen LogP contribution in [0.2, 0.25) is 5.02 Å². The van der Waals surface area contributed by atoms with Crippen LogP contribution in [0.4, 0.5) is 0 Å². The Labute approximate surface area is 123 Å². The minimum absolute atomic E-state index is 0.216. The van der Waals surface area contributed by atoms with E-state index in [4.69, 9.17) is 11.6 Å². The normalized spacial score (nSPS) is 19.8. The van der Waals surface area contributed by atoms with Crippen molar-refractivity contribution in [3.05, 3.63) is 23.2 Å². The first-order valence-electron chi connectivity index (χ1n) is 6.09. The molecule has 106 valence electrons. The van der Waals surface area contributed by atoms with Gasteiger partial charge in [-0.2, -0.15) is 0 Å². The van der Waals surface area contributed by atoms with Gasteiger partial charge in [-0.1, -0.05) is 11.6 Å². The van der Waals surface area contributed by atoms with Gasteiger partial charge in [-0.15, -0.1) is 11.8 Å². The summed E-state index contributed by atoms with van der Waals surface area (Å²) in [5, 5.41) is 3.72. The average molecular weight is 321 g/mol. The predicted octanol–water partition coefficient (Wildman–Crippen LogP) is 2.09. The Morgan fingerprint density at radius 3 is 2.89 bits per heavy atom. The highest BCUT2D eigenvalue weighted by molar-refractivity contribution is 7.98. The second-order valence-corrected chi connectivity index (χ2v) is 7.46. The first-order valence-corrected chi connectivity index (χ1v) is 9.18. The maximum atomic E-state index is 12.1. The molecule has 1 fully saturated rings. The molecule has 0 saturated carbocycles. The van der Waals surface area contributed by atoms with Gasteiger partial charge in [0, 0.05) is 17.5 Å². The maximum absolute atomic E-state index is 12.1. The second kappa shape index (κ2) is 6.45. The monoisotopic (exact) mass is 320 g/mol. The van der Waals surface area contributed by atoms with Gasteiger partial charge in [0.05, 0.1) is 9.92 Å². The van der Waals surface area contributed by atoms with Crippen molar-refractivity contribution in [1.29, 1.82) is 0 Å². The van der Waals surface area contributed by atoms with Gasteiger partial charge in [0.25, 0.3) is 0 Å². The third-order valence-corrected chi connectivity index (χ3v) is 5.76. The van der Waals surface area contributed by atoms with Gasteiger partial charge < -0.3 is 5.32 Å². The fourth-order valence-corrected chi connectivity index (χ4v) is 4.08. The molecule has 0 spiro atoms. The molecule has 0 radical (unpaired) electrons. The molecule has 1 heterocycles. The van der Waals surface area contributed by atoms with Crippen LogP contribution >= 0.6 is 23.4 Å². The van der Waals surface area contributed by atoms with Crippen molar-refractivity contribution in [2.75, 3.05) is 19.3 Å². The summed E-state index contributed by atoms with van der Waals surface area (Å²) in [7, 11) is -3.48. The molecule has 19 heavy (non-hydrogen) atoms. The number of benzene rings is 1. The highest BCUT2D eigenvalue weighted by Crippen LogP contribution is 2.27. The molecule has 1 aromatic rings. The van der Waals surface area contributed by atoms with Crippen LogP contribution in [-0.2, 0) is 10.0 Å². The van der Waals surface area contributed by atoms with Crippen LogP contribution in [0.1, 0.15) is 12.8 Å². The zero-order valence-electron chi connectivity index (χ0n) is 10.6. The van der Waals surface area contributed by atoms with Crippen molar-refractivity contribution >= 4 is 33.4 Å². The summed E-state index contributed by atoms with van der Waals surface area (Å²) in [6.07, 6.45) is 4.01. The summed E-state index contributed by atoms with van der Waals surface area (Å²) in [5.74, 6) is 0. The average Bonchev–Trinajstić information content (AvgIpc) is 2.89. The lowest BCUT2D eigenvalue weighted by Crippen LogP contribution is -2.37. The molecule has 2 N–H and O–H groups in total. The molecule has 0 aromatic heterocycles. The third kappa shape index (κ3) is 3.86. The molecule has 1 atom stereocenters. The van der Waals surface area contributed by atoms with E-state index in [-0.39, 0.29) is 10.9 Å². The molecule has 7 heteroatoms. The summed E-state index contributed by atoms with van der Waals surface area (Å²) in [6.45, 7) is 1.38. The van der Waals surface area contributed by atoms with Crippen molar-refractivity contribution in [2.24, 2.45) is 0 Å². The lowest BCUT2D eigenvalue weighted by Gasteiger charge is -2.12. The molecule has 1 aliphatic rings. The van der Waals surface area contributed by atoms with E-state index in [1.54, 1.807) is 12.1 Å². The topological polar surface area (TPSA) is 58.2 Å². The van der Waals surface area contributed by atoms with E-state index in [0.717, 1.165) is 24.3 Å². The van der Waals surface area contributed by atoms with Crippen molar-refractivity contribution < 1.29 is 8.42 Å². The van der Waals surface area contributed by atoms with Crippen LogP contribution in [0, 0.1) is 0 Å². The van der Waals surface area contributed by atoms with Gasteiger partial charge in [0.1, 0.15) is 0 Å². The number of halogens is 1. The lowest BCUT2D eigenvalue weighted by molar-refractivity contribution is 0.552. The van der Waals surface area contributed by atoms with Crippen LogP contribution in [-0.4, -0.2) is 33.8 Å². The molecule has 2 rings (SSSR count). The van der Waals surface area contributed by atoms with Crippen LogP contribution in [0.3, 0.4) is 0 Å². The number of rotatable bonds is 5. The first-order chi connectivity index (χ1) is 9.03. The third-order valence-electron chi connectivity index (χ3n) is 3.12. The number of hydrogen-bond donors (Lipinski definition) is 2. The molecule has 1 aliphatic heterocycles. The second-order valence-electron chi connectivity index (χ2n) is 4.44. The summed E-state index contributed by atoms with van der Waals surface area (Å²) in [6, 6.07) is 5.05. The minimum Gasteiger partial charge on any atom is -0.313 e. The summed E-state index contributed by atoms with van der Waals surface area (Å²) >= 11 is 7.53. The first kappa shape index (κ1) is 15.1. The molecular weight excluding hydrogens is 304 g/mol. The Hall–Kier alpha value is -0.270. The van der Waals surface area contributed by atoms with E-state index in [9.17, 15) is 8.42 Å². The van der Waals surface area contributed by atoms with Gasteiger partial charge >= 0.3 is 0 Å². The van der Waals surface area contributed by atoms with Crippen molar-refractivity contribution in [3.8, 4) is 0 Å². The maximum Gasteiger partial charge on any atom is 0.240 e. The van der Waals surface area contributed by atoms with Crippen molar-refractivity contribution in [3.63, 3.8) is 0 Å². The minimum atomic E-state index is -3.48. The Morgan fingerprint density at radius 2 is 2.32 bits per heavy atom. The quantitative estimate of drug-likeness (QED) is 0.816. The van der Waals surface area contributed by atoms with Crippen molar-refractivity contribution in [1.82, 2.24) is 10.0 Å². The Bertz CT molecular complexity index is 543. The van der Waals surface area contributed by atoms with Gasteiger partial charge in [0.2, 0.25) is 10.0 Å². The molecule has 0 amide bonds. The Balaban J connectivity index is 2.08. The molecule has 4 nitrogen and oxygen atoms in total. The van der Waals surface area contributed by atoms with Crippen LogP contribution < -0.4 is 10.0 Å². The largest absolute Gasteiger partial charge is 0.313 e. The van der Waals surface area contributed by atoms with Crippen LogP contribution in [0.5, 0.6) is 0 Å². The van der Waals surface area contributed by atoms with Gasteiger partial charge in [0.15, 0.2) is 0 Å². The van der Waals surface area contributed by atoms with Gasteiger partial charge in [-0.3, -0.25) is 0 Å². The zero-order valence-corrected chi connectivity index (χ0v) is 13.0. The van der Waals surface area contributed by atoms with Crippen LogP contribution in [0.15, 0.2) is 28.0 Å². The van der Waals surface area contributed by atoms with E-state index in [0.29, 0.717) is 11.6 Å². The number of hydrogen-bond acceptors (Lipinski definition) is 4. The number of thioether (sulfide) groups is 1. The Morgan fingerprint density at radius 1 is 1.53 bits per heavy atom. The highest BCUT2D eigenvalue weighted by atomic mass is 35.5. The van der Waals surface area contributed by atoms with Crippen LogP contribution in [0.25, 0.3) is 0 Å². The highest BCUT2D eigenvalue weighted by Gasteiger charge is 2.19. The summed E-state index contributed by atoms with van der Waals surface area (Å²) in [4.78, 5) is 1.09. The van der Waals surface area contributed by atoms with E-state index in [1.807, 2.05) is 6.26 Å². The molecule has 1 saturated heterocycles. The van der Waals surface area contributed by atoms with Gasteiger partial charge in [-0.05, 0) is 43.8 Å². The molecule has 0 bridgehead atoms. The van der Waals surface area contributed by atoms with Gasteiger partial charge in [-0.25, -0.2) is 13.1 Å². The molecule has 1 aromatic carbocycles. The SMILES string of the molecule is CSc1ccc(S(=O)(=O)NCC2CCCN2)cc1Cl. The fourth-order valence-electron chi connectivity index (χ4n) is 2.04. The molecule has 0 aliphatic carbocycles. The number of nitrogens with one attached hydrogen (secondary N) is 2. The smallest absolute Gasteiger partial charge is 0.240 e. The molecule has 1 unspecified atom stereocenters. The predicted molar refractivity (Wildman–Crippen MR) is 79.4 cm³/mol. The van der Waals surface area contributed by atoms with Crippen molar-refractivity contribution in [2.45, 2.75) is 28.7 Å². The fraction of sp³-hybridized carbons (Fsp3) is 0.500. The Kier molecular flexibility index (Phi) is 5.14. The van der Waals surface area contributed by atoms with E-state index >= 15 is 0 Å².